The minimum atomic E-state index is -1.41. The summed E-state index contributed by atoms with van der Waals surface area (Å²) in [6.07, 6.45) is -1.41. The van der Waals surface area contributed by atoms with Gasteiger partial charge in [0.25, 0.3) is 0 Å². The van der Waals surface area contributed by atoms with Gasteiger partial charge in [0, 0.05) is 16.7 Å². The second kappa shape index (κ2) is 7.83. The molecule has 1 aliphatic heterocycles. The average molecular weight is 404 g/mol. The average Bonchev–Trinajstić information content (AvgIpc) is 2.97. The van der Waals surface area contributed by atoms with Crippen LogP contribution in [0.1, 0.15) is 29.9 Å². The van der Waals surface area contributed by atoms with E-state index in [0.29, 0.717) is 22.3 Å². The van der Waals surface area contributed by atoms with Gasteiger partial charge in [-0.2, -0.15) is 0 Å². The van der Waals surface area contributed by atoms with Crippen molar-refractivity contribution in [1.82, 2.24) is 0 Å². The first-order valence-electron chi connectivity index (χ1n) is 8.14. The summed E-state index contributed by atoms with van der Waals surface area (Å²) in [6.45, 7) is 0. The van der Waals surface area contributed by atoms with Crippen molar-refractivity contribution in [1.29, 1.82) is 0 Å². The van der Waals surface area contributed by atoms with Crippen molar-refractivity contribution in [3.05, 3.63) is 95.1 Å². The number of carbonyl (C=O) groups is 2. The SMILES string of the molecule is O=C(O)Oc1ccc(C2(c3ccc(O)cc3)OC(=O)c3ccccc32)cc1.[Ca+2].[H-].[H-]. The van der Waals surface area contributed by atoms with E-state index in [4.69, 9.17) is 9.84 Å². The van der Waals surface area contributed by atoms with Crippen molar-refractivity contribution in [3.63, 3.8) is 0 Å². The Bertz CT molecular complexity index is 1040. The second-order valence-corrected chi connectivity index (χ2v) is 6.06. The number of esters is 1. The van der Waals surface area contributed by atoms with E-state index in [1.807, 2.05) is 12.1 Å². The van der Waals surface area contributed by atoms with Gasteiger partial charge in [-0.05, 0) is 30.3 Å². The predicted molar refractivity (Wildman–Crippen MR) is 103 cm³/mol. The zero-order valence-corrected chi connectivity index (χ0v) is 16.9. The monoisotopic (exact) mass is 404 g/mol. The summed E-state index contributed by atoms with van der Waals surface area (Å²) < 4.78 is 10.5. The summed E-state index contributed by atoms with van der Waals surface area (Å²) in [6, 6.07) is 19.8. The van der Waals surface area contributed by atoms with Crippen molar-refractivity contribution in [3.8, 4) is 11.5 Å². The van der Waals surface area contributed by atoms with Gasteiger partial charge in [0.2, 0.25) is 0 Å². The number of hydrogen-bond donors (Lipinski definition) is 2. The van der Waals surface area contributed by atoms with Crippen molar-refractivity contribution in [2.24, 2.45) is 0 Å². The summed E-state index contributed by atoms with van der Waals surface area (Å²) in [5.74, 6) is -0.203. The van der Waals surface area contributed by atoms with Gasteiger partial charge in [-0.1, -0.05) is 42.5 Å². The minimum Gasteiger partial charge on any atom is -1.00 e. The number of carboxylic acid groups (broad SMARTS) is 1. The first-order valence-corrected chi connectivity index (χ1v) is 8.14. The largest absolute Gasteiger partial charge is 2.00 e. The summed E-state index contributed by atoms with van der Waals surface area (Å²) >= 11 is 0. The molecule has 3 aromatic carbocycles. The second-order valence-electron chi connectivity index (χ2n) is 6.06. The van der Waals surface area contributed by atoms with Gasteiger partial charge in [-0.3, -0.25) is 0 Å². The van der Waals surface area contributed by atoms with Crippen LogP contribution in [0.3, 0.4) is 0 Å². The number of ether oxygens (including phenoxy) is 2. The Hall–Kier alpha value is -2.54. The molecule has 2 N–H and O–H groups in total. The van der Waals surface area contributed by atoms with E-state index in [0.717, 1.165) is 0 Å². The van der Waals surface area contributed by atoms with Crippen LogP contribution in [-0.2, 0) is 10.3 Å². The number of fused-ring (bicyclic) bond motifs is 1. The number of cyclic esters (lactones) is 1. The Balaban J connectivity index is 0.00000150. The third kappa shape index (κ3) is 3.35. The summed E-state index contributed by atoms with van der Waals surface area (Å²) in [4.78, 5) is 23.3. The van der Waals surface area contributed by atoms with Gasteiger partial charge in [0.05, 0.1) is 5.56 Å². The fourth-order valence-corrected chi connectivity index (χ4v) is 3.37. The normalized spacial score (nSPS) is 17.2. The summed E-state index contributed by atoms with van der Waals surface area (Å²) in [5.41, 5.74) is 1.21. The van der Waals surface area contributed by atoms with Gasteiger partial charge >= 0.3 is 49.9 Å². The third-order valence-electron chi connectivity index (χ3n) is 4.51. The van der Waals surface area contributed by atoms with Crippen LogP contribution in [0.25, 0.3) is 0 Å². The zero-order valence-electron chi connectivity index (χ0n) is 16.7. The molecule has 1 aliphatic rings. The molecule has 0 amide bonds. The van der Waals surface area contributed by atoms with Crippen molar-refractivity contribution >= 4 is 49.9 Å². The number of carbonyl (C=O) groups excluding carboxylic acids is 1. The zero-order chi connectivity index (χ0) is 19.0. The molecule has 138 valence electrons. The molecule has 0 radical (unpaired) electrons. The van der Waals surface area contributed by atoms with Gasteiger partial charge in [-0.25, -0.2) is 9.59 Å². The topological polar surface area (TPSA) is 93.1 Å². The predicted octanol–water partition coefficient (Wildman–Crippen LogP) is 3.76. The van der Waals surface area contributed by atoms with Crippen molar-refractivity contribution in [2.45, 2.75) is 5.60 Å². The Morgan fingerprint density at radius 3 is 2.11 bits per heavy atom. The molecule has 1 unspecified atom stereocenters. The molecular formula is C21H16CaO6. The van der Waals surface area contributed by atoms with E-state index in [2.05, 4.69) is 4.74 Å². The van der Waals surface area contributed by atoms with Gasteiger partial charge in [0.15, 0.2) is 5.60 Å². The third-order valence-corrected chi connectivity index (χ3v) is 4.51. The Morgan fingerprint density at radius 2 is 1.50 bits per heavy atom. The number of phenolic OH excluding ortho intramolecular Hbond substituents is 1. The molecule has 1 heterocycles. The fraction of sp³-hybridized carbons (Fsp3) is 0.0476. The molecule has 4 rings (SSSR count). The maximum atomic E-state index is 12.5. The van der Waals surface area contributed by atoms with Crippen LogP contribution >= 0.6 is 0 Å². The van der Waals surface area contributed by atoms with Gasteiger partial charge in [-0.15, -0.1) is 0 Å². The molecule has 0 aliphatic carbocycles. The van der Waals surface area contributed by atoms with Gasteiger partial charge < -0.3 is 22.5 Å². The smallest absolute Gasteiger partial charge is 1.00 e. The van der Waals surface area contributed by atoms with E-state index in [1.54, 1.807) is 36.4 Å². The van der Waals surface area contributed by atoms with Crippen LogP contribution in [0.2, 0.25) is 0 Å². The maximum Gasteiger partial charge on any atom is 2.00 e. The van der Waals surface area contributed by atoms with Crippen LogP contribution in [0.4, 0.5) is 4.79 Å². The summed E-state index contributed by atoms with van der Waals surface area (Å²) in [7, 11) is 0. The fourth-order valence-electron chi connectivity index (χ4n) is 3.37. The number of phenols is 1. The van der Waals surface area contributed by atoms with E-state index in [9.17, 15) is 14.7 Å². The Morgan fingerprint density at radius 1 is 0.929 bits per heavy atom. The van der Waals surface area contributed by atoms with E-state index in [-0.39, 0.29) is 52.1 Å². The van der Waals surface area contributed by atoms with Crippen LogP contribution < -0.4 is 4.74 Å². The molecule has 0 saturated heterocycles. The molecule has 1 atom stereocenters. The maximum absolute atomic E-state index is 12.5. The van der Waals surface area contributed by atoms with Crippen LogP contribution in [0.5, 0.6) is 11.5 Å². The van der Waals surface area contributed by atoms with Crippen molar-refractivity contribution < 1.29 is 32.1 Å². The van der Waals surface area contributed by atoms with E-state index in [1.165, 1.54) is 24.3 Å². The Kier molecular flexibility index (Phi) is 5.65. The molecule has 28 heavy (non-hydrogen) atoms. The molecule has 0 bridgehead atoms. The molecule has 0 saturated carbocycles. The number of rotatable bonds is 3. The summed E-state index contributed by atoms with van der Waals surface area (Å²) in [5, 5.41) is 18.4. The van der Waals surface area contributed by atoms with E-state index < -0.39 is 17.7 Å². The van der Waals surface area contributed by atoms with Crippen LogP contribution in [-0.4, -0.2) is 60.1 Å². The first-order chi connectivity index (χ1) is 13.0. The number of hydrogen-bond acceptors (Lipinski definition) is 5. The standard InChI is InChI=1S/C21H14O6.Ca.2H/c22-15-9-5-13(6-10-15)21(14-7-11-16(12-8-14)26-20(24)25)18-4-2-1-3-17(18)19(23)27-21;;;/h1-12,22H,(H,24,25);;;/q;+2;2*-1. The minimum absolute atomic E-state index is 0. The molecule has 3 aromatic rings. The van der Waals surface area contributed by atoms with Crippen LogP contribution in [0, 0.1) is 0 Å². The van der Waals surface area contributed by atoms with E-state index >= 15 is 0 Å². The molecule has 0 aromatic heterocycles. The molecule has 7 heteroatoms. The molecular weight excluding hydrogens is 388 g/mol. The van der Waals surface area contributed by atoms with Crippen LogP contribution in [0.15, 0.2) is 72.8 Å². The van der Waals surface area contributed by atoms with Crippen molar-refractivity contribution in [2.75, 3.05) is 0 Å². The quantitative estimate of drug-likeness (QED) is 0.392. The number of benzene rings is 3. The molecule has 0 fully saturated rings. The molecule has 0 spiro atoms. The van der Waals surface area contributed by atoms with Gasteiger partial charge in [0.1, 0.15) is 11.5 Å². The molecule has 6 nitrogen and oxygen atoms in total. The first kappa shape index (κ1) is 20.2. The Labute approximate surface area is 193 Å². The number of aromatic hydroxyl groups is 1.